The van der Waals surface area contributed by atoms with Crippen LogP contribution < -0.4 is 0 Å². The molecule has 22 heavy (non-hydrogen) atoms. The van der Waals surface area contributed by atoms with E-state index < -0.39 is 6.10 Å². The van der Waals surface area contributed by atoms with Gasteiger partial charge in [-0.2, -0.15) is 4.98 Å². The number of hydrogen-bond donors (Lipinski definition) is 1. The van der Waals surface area contributed by atoms with Crippen LogP contribution in [-0.2, 0) is 0 Å². The van der Waals surface area contributed by atoms with E-state index in [0.717, 1.165) is 24.1 Å². The van der Waals surface area contributed by atoms with Crippen LogP contribution in [-0.4, -0.2) is 24.8 Å². The summed E-state index contributed by atoms with van der Waals surface area (Å²) < 4.78 is 7.14. The lowest BCUT2D eigenvalue weighted by atomic mass is 9.81. The minimum absolute atomic E-state index is 0.261. The van der Waals surface area contributed by atoms with Gasteiger partial charge in [-0.05, 0) is 43.0 Å². The first-order valence-corrected chi connectivity index (χ1v) is 7.42. The quantitative estimate of drug-likeness (QED) is 0.801. The third kappa shape index (κ3) is 2.31. The van der Waals surface area contributed by atoms with Crippen molar-refractivity contribution in [3.8, 4) is 17.1 Å². The Morgan fingerprint density at radius 3 is 2.68 bits per heavy atom. The average Bonchev–Trinajstić information content (AvgIpc) is 3.17. The third-order valence-corrected chi connectivity index (χ3v) is 4.22. The van der Waals surface area contributed by atoms with Crippen LogP contribution in [0, 0.1) is 5.92 Å². The zero-order valence-electron chi connectivity index (χ0n) is 12.0. The van der Waals surface area contributed by atoms with Gasteiger partial charge in [-0.3, -0.25) is 0 Å². The smallest absolute Gasteiger partial charge is 0.256 e. The Balaban J connectivity index is 1.55. The summed E-state index contributed by atoms with van der Waals surface area (Å²) in [5.41, 5.74) is 1.87. The van der Waals surface area contributed by atoms with Crippen LogP contribution in [0.5, 0.6) is 0 Å². The van der Waals surface area contributed by atoms with Crippen molar-refractivity contribution in [2.75, 3.05) is 0 Å². The summed E-state index contributed by atoms with van der Waals surface area (Å²) in [7, 11) is 0. The number of hydrogen-bond acceptors (Lipinski definition) is 5. The minimum Gasteiger partial charge on any atom is -0.383 e. The largest absolute Gasteiger partial charge is 0.383 e. The van der Waals surface area contributed by atoms with E-state index in [2.05, 4.69) is 15.1 Å². The van der Waals surface area contributed by atoms with Crippen molar-refractivity contribution < 1.29 is 9.63 Å². The Kier molecular flexibility index (Phi) is 3.23. The Morgan fingerprint density at radius 1 is 1.23 bits per heavy atom. The molecule has 1 unspecified atom stereocenters. The van der Waals surface area contributed by atoms with E-state index in [1.54, 1.807) is 12.5 Å². The first-order chi connectivity index (χ1) is 10.8. The van der Waals surface area contributed by atoms with Crippen molar-refractivity contribution in [1.82, 2.24) is 19.7 Å². The normalized spacial score (nSPS) is 16.4. The van der Waals surface area contributed by atoms with Gasteiger partial charge in [-0.25, -0.2) is 4.98 Å². The molecular formula is C16H16N4O2. The highest BCUT2D eigenvalue weighted by Gasteiger charge is 2.30. The first-order valence-electron chi connectivity index (χ1n) is 7.42. The molecule has 0 radical (unpaired) electrons. The fourth-order valence-electron chi connectivity index (χ4n) is 2.62. The predicted octanol–water partition coefficient (Wildman–Crippen LogP) is 2.76. The molecule has 4 rings (SSSR count). The van der Waals surface area contributed by atoms with Gasteiger partial charge in [0, 0.05) is 23.6 Å². The summed E-state index contributed by atoms with van der Waals surface area (Å²) in [6.45, 7) is 0. The number of benzene rings is 1. The van der Waals surface area contributed by atoms with E-state index >= 15 is 0 Å². The zero-order chi connectivity index (χ0) is 14.9. The number of aliphatic hydroxyl groups is 1. The summed E-state index contributed by atoms with van der Waals surface area (Å²) in [5.74, 6) is 1.08. The van der Waals surface area contributed by atoms with Crippen LogP contribution in [0.3, 0.4) is 0 Å². The number of aromatic nitrogens is 4. The monoisotopic (exact) mass is 296 g/mol. The molecule has 6 nitrogen and oxygen atoms in total. The van der Waals surface area contributed by atoms with Crippen molar-refractivity contribution in [2.24, 2.45) is 5.92 Å². The Morgan fingerprint density at radius 2 is 2.05 bits per heavy atom. The van der Waals surface area contributed by atoms with Crippen molar-refractivity contribution in [2.45, 2.75) is 25.4 Å². The predicted molar refractivity (Wildman–Crippen MR) is 79.2 cm³/mol. The first kappa shape index (κ1) is 13.2. The van der Waals surface area contributed by atoms with E-state index in [9.17, 15) is 5.11 Å². The van der Waals surface area contributed by atoms with Crippen LogP contribution in [0.4, 0.5) is 0 Å². The average molecular weight is 296 g/mol. The zero-order valence-corrected chi connectivity index (χ0v) is 12.0. The molecule has 2 heterocycles. The van der Waals surface area contributed by atoms with Crippen molar-refractivity contribution in [1.29, 1.82) is 0 Å². The molecule has 0 saturated heterocycles. The Hall–Kier alpha value is -2.47. The molecule has 1 aromatic carbocycles. The standard InChI is InChI=1S/C16H16N4O2/c21-14(11-2-1-3-11)16-18-15(19-22-16)12-4-6-13(7-5-12)20-9-8-17-10-20/h4-11,14,21H,1-3H2. The van der Waals surface area contributed by atoms with Gasteiger partial charge in [0.2, 0.25) is 5.82 Å². The molecule has 1 aliphatic rings. The lowest BCUT2D eigenvalue weighted by molar-refractivity contribution is 0.0354. The second-order valence-corrected chi connectivity index (χ2v) is 5.61. The van der Waals surface area contributed by atoms with Crippen LogP contribution in [0.2, 0.25) is 0 Å². The van der Waals surface area contributed by atoms with Gasteiger partial charge in [0.1, 0.15) is 6.10 Å². The number of nitrogens with zero attached hydrogens (tertiary/aromatic N) is 4. The molecule has 0 aliphatic heterocycles. The number of rotatable bonds is 4. The summed E-state index contributed by atoms with van der Waals surface area (Å²) in [4.78, 5) is 8.36. The molecule has 0 bridgehead atoms. The van der Waals surface area contributed by atoms with Gasteiger partial charge in [-0.15, -0.1) is 0 Å². The molecular weight excluding hydrogens is 280 g/mol. The highest BCUT2D eigenvalue weighted by Crippen LogP contribution is 2.37. The van der Waals surface area contributed by atoms with E-state index in [1.165, 1.54) is 6.42 Å². The van der Waals surface area contributed by atoms with Crippen molar-refractivity contribution in [3.05, 3.63) is 48.9 Å². The lowest BCUT2D eigenvalue weighted by Crippen LogP contribution is -2.20. The van der Waals surface area contributed by atoms with Crippen LogP contribution in [0.1, 0.15) is 31.3 Å². The van der Waals surface area contributed by atoms with Gasteiger partial charge >= 0.3 is 0 Å². The molecule has 112 valence electrons. The molecule has 0 amide bonds. The van der Waals surface area contributed by atoms with Crippen molar-refractivity contribution >= 4 is 0 Å². The Labute approximate surface area is 127 Å². The molecule has 1 fully saturated rings. The molecule has 1 atom stereocenters. The van der Waals surface area contributed by atoms with Crippen LogP contribution >= 0.6 is 0 Å². The second kappa shape index (κ2) is 5.38. The highest BCUT2D eigenvalue weighted by molar-refractivity contribution is 5.56. The summed E-state index contributed by atoms with van der Waals surface area (Å²) in [6, 6.07) is 7.80. The number of aliphatic hydroxyl groups excluding tert-OH is 1. The highest BCUT2D eigenvalue weighted by atomic mass is 16.5. The SMILES string of the molecule is OC(c1nc(-c2ccc(-n3ccnc3)cc2)no1)C1CCC1. The van der Waals surface area contributed by atoms with Gasteiger partial charge in [0.15, 0.2) is 0 Å². The van der Waals surface area contributed by atoms with Gasteiger partial charge < -0.3 is 14.2 Å². The molecule has 1 saturated carbocycles. The van der Waals surface area contributed by atoms with E-state index in [1.807, 2.05) is 35.0 Å². The molecule has 6 heteroatoms. The topological polar surface area (TPSA) is 77.0 Å². The molecule has 1 aliphatic carbocycles. The van der Waals surface area contributed by atoms with Gasteiger partial charge in [-0.1, -0.05) is 11.6 Å². The Bertz CT molecular complexity index is 745. The van der Waals surface area contributed by atoms with Crippen LogP contribution in [0.15, 0.2) is 47.5 Å². The molecule has 3 aromatic rings. The maximum Gasteiger partial charge on any atom is 0.256 e. The van der Waals surface area contributed by atoms with Crippen LogP contribution in [0.25, 0.3) is 17.1 Å². The van der Waals surface area contributed by atoms with Gasteiger partial charge in [0.25, 0.3) is 5.89 Å². The third-order valence-electron chi connectivity index (χ3n) is 4.22. The minimum atomic E-state index is -0.639. The van der Waals surface area contributed by atoms with E-state index in [0.29, 0.717) is 11.7 Å². The lowest BCUT2D eigenvalue weighted by Gasteiger charge is -2.27. The second-order valence-electron chi connectivity index (χ2n) is 5.61. The molecule has 1 N–H and O–H groups in total. The molecule has 0 spiro atoms. The maximum absolute atomic E-state index is 10.2. The fraction of sp³-hybridized carbons (Fsp3) is 0.312. The fourth-order valence-corrected chi connectivity index (χ4v) is 2.62. The molecule has 2 aromatic heterocycles. The van der Waals surface area contributed by atoms with E-state index in [4.69, 9.17) is 4.52 Å². The summed E-state index contributed by atoms with van der Waals surface area (Å²) >= 11 is 0. The summed E-state index contributed by atoms with van der Waals surface area (Å²) in [5, 5.41) is 14.1. The van der Waals surface area contributed by atoms with E-state index in [-0.39, 0.29) is 5.92 Å². The van der Waals surface area contributed by atoms with Gasteiger partial charge in [0.05, 0.1) is 6.33 Å². The summed E-state index contributed by atoms with van der Waals surface area (Å²) in [6.07, 6.45) is 7.95. The number of imidazole rings is 1. The maximum atomic E-state index is 10.2. The van der Waals surface area contributed by atoms with Crippen molar-refractivity contribution in [3.63, 3.8) is 0 Å².